The van der Waals surface area contributed by atoms with E-state index in [9.17, 15) is 9.59 Å². The summed E-state index contributed by atoms with van der Waals surface area (Å²) in [5, 5.41) is 1.09. The maximum absolute atomic E-state index is 11.5. The van der Waals surface area contributed by atoms with Gasteiger partial charge in [0.2, 0.25) is 11.8 Å². The topological polar surface area (TPSA) is 37.4 Å². The monoisotopic (exact) mass is 291 g/mol. The average molecular weight is 293 g/mol. The Kier molecular flexibility index (Phi) is 3.61. The van der Waals surface area contributed by atoms with Gasteiger partial charge < -0.3 is 0 Å². The molecule has 90 valence electrons. The highest BCUT2D eigenvalue weighted by Crippen LogP contribution is 2.30. The van der Waals surface area contributed by atoms with Crippen LogP contribution in [0.3, 0.4) is 0 Å². The van der Waals surface area contributed by atoms with E-state index < -0.39 is 0 Å². The maximum Gasteiger partial charge on any atom is 0.229 e. The molecule has 0 radical (unpaired) electrons. The van der Waals surface area contributed by atoms with Crippen molar-refractivity contribution in [2.75, 3.05) is 0 Å². The van der Waals surface area contributed by atoms with Crippen LogP contribution in [0.25, 0.3) is 0 Å². The summed E-state index contributed by atoms with van der Waals surface area (Å²) in [6, 6.07) is 3.08. The normalized spacial score (nSPS) is 15.8. The molecule has 1 aliphatic rings. The van der Waals surface area contributed by atoms with Gasteiger partial charge in [0.15, 0.2) is 0 Å². The highest BCUT2D eigenvalue weighted by molar-refractivity contribution is 6.43. The molecule has 2 amide bonds. The van der Waals surface area contributed by atoms with Crippen LogP contribution in [0.2, 0.25) is 15.1 Å². The van der Waals surface area contributed by atoms with Gasteiger partial charge >= 0.3 is 0 Å². The average Bonchev–Trinajstić information content (AvgIpc) is 2.57. The van der Waals surface area contributed by atoms with Crippen LogP contribution in [0.5, 0.6) is 0 Å². The van der Waals surface area contributed by atoms with Crippen LogP contribution in [-0.4, -0.2) is 16.7 Å². The van der Waals surface area contributed by atoms with Gasteiger partial charge in [-0.25, -0.2) is 0 Å². The molecule has 1 aromatic rings. The fourth-order valence-corrected chi connectivity index (χ4v) is 2.28. The first kappa shape index (κ1) is 12.7. The van der Waals surface area contributed by atoms with Crippen LogP contribution in [0.4, 0.5) is 0 Å². The summed E-state index contributed by atoms with van der Waals surface area (Å²) in [4.78, 5) is 24.1. The highest BCUT2D eigenvalue weighted by atomic mass is 35.5. The smallest absolute Gasteiger partial charge is 0.229 e. The van der Waals surface area contributed by atoms with Gasteiger partial charge in [-0.05, 0) is 17.7 Å². The molecule has 1 fully saturated rings. The standard InChI is InChI=1S/C11H8Cl3NO2/c12-7-4-9(14)8(13)3-6(7)5-15-10(16)1-2-11(15)17/h3-4H,1-2,5H2. The number of imide groups is 1. The Balaban J connectivity index is 2.27. The van der Waals surface area contributed by atoms with E-state index in [1.54, 1.807) is 6.07 Å². The molecule has 6 heteroatoms. The summed E-state index contributed by atoms with van der Waals surface area (Å²) < 4.78 is 0. The van der Waals surface area contributed by atoms with Crippen molar-refractivity contribution in [3.8, 4) is 0 Å². The van der Waals surface area contributed by atoms with E-state index >= 15 is 0 Å². The molecule has 2 rings (SSSR count). The fourth-order valence-electron chi connectivity index (χ4n) is 1.65. The van der Waals surface area contributed by atoms with Gasteiger partial charge in [0.1, 0.15) is 0 Å². The Morgan fingerprint density at radius 1 is 0.941 bits per heavy atom. The Morgan fingerprint density at radius 2 is 1.47 bits per heavy atom. The molecule has 1 saturated heterocycles. The van der Waals surface area contributed by atoms with E-state index in [0.29, 0.717) is 20.6 Å². The van der Waals surface area contributed by atoms with Crippen molar-refractivity contribution in [1.82, 2.24) is 4.90 Å². The minimum Gasteiger partial charge on any atom is -0.278 e. The highest BCUT2D eigenvalue weighted by Gasteiger charge is 2.29. The number of benzene rings is 1. The fraction of sp³-hybridized carbons (Fsp3) is 0.273. The third-order valence-electron chi connectivity index (χ3n) is 2.57. The van der Waals surface area contributed by atoms with E-state index in [4.69, 9.17) is 34.8 Å². The zero-order valence-electron chi connectivity index (χ0n) is 8.67. The van der Waals surface area contributed by atoms with Crippen molar-refractivity contribution in [2.24, 2.45) is 0 Å². The maximum atomic E-state index is 11.5. The van der Waals surface area contributed by atoms with Crippen molar-refractivity contribution < 1.29 is 9.59 Å². The van der Waals surface area contributed by atoms with Crippen LogP contribution in [-0.2, 0) is 16.1 Å². The molecule has 0 aromatic heterocycles. The predicted molar refractivity (Wildman–Crippen MR) is 66.3 cm³/mol. The first-order valence-corrected chi connectivity index (χ1v) is 6.09. The quantitative estimate of drug-likeness (QED) is 0.619. The summed E-state index contributed by atoms with van der Waals surface area (Å²) in [5.41, 5.74) is 0.615. The summed E-state index contributed by atoms with van der Waals surface area (Å²) in [7, 11) is 0. The van der Waals surface area contributed by atoms with Gasteiger partial charge in [0.25, 0.3) is 0 Å². The van der Waals surface area contributed by atoms with Crippen LogP contribution in [0.1, 0.15) is 18.4 Å². The van der Waals surface area contributed by atoms with Gasteiger partial charge in [0.05, 0.1) is 16.6 Å². The molecule has 0 unspecified atom stereocenters. The van der Waals surface area contributed by atoms with Crippen molar-refractivity contribution >= 4 is 46.6 Å². The molecule has 1 aromatic carbocycles. The lowest BCUT2D eigenvalue weighted by atomic mass is 10.2. The molecule has 17 heavy (non-hydrogen) atoms. The lowest BCUT2D eigenvalue weighted by molar-refractivity contribution is -0.139. The zero-order chi connectivity index (χ0) is 12.6. The third-order valence-corrected chi connectivity index (χ3v) is 3.65. The van der Waals surface area contributed by atoms with Crippen LogP contribution >= 0.6 is 34.8 Å². The molecular weight excluding hydrogens is 284 g/mol. The van der Waals surface area contributed by atoms with Crippen LogP contribution < -0.4 is 0 Å². The summed E-state index contributed by atoms with van der Waals surface area (Å²) in [5.74, 6) is -0.366. The number of rotatable bonds is 2. The van der Waals surface area contributed by atoms with Crippen molar-refractivity contribution in [3.05, 3.63) is 32.8 Å². The molecule has 1 aliphatic heterocycles. The van der Waals surface area contributed by atoms with Crippen LogP contribution in [0, 0.1) is 0 Å². The third kappa shape index (κ3) is 2.57. The number of likely N-dealkylation sites (tertiary alicyclic amines) is 1. The minimum absolute atomic E-state index is 0.146. The van der Waals surface area contributed by atoms with Crippen molar-refractivity contribution in [3.63, 3.8) is 0 Å². The van der Waals surface area contributed by atoms with Crippen molar-refractivity contribution in [1.29, 1.82) is 0 Å². The number of nitrogens with zero attached hydrogens (tertiary/aromatic N) is 1. The van der Waals surface area contributed by atoms with Gasteiger partial charge in [-0.15, -0.1) is 0 Å². The number of hydrogen-bond acceptors (Lipinski definition) is 2. The van der Waals surface area contributed by atoms with Gasteiger partial charge in [-0.2, -0.15) is 0 Å². The number of amides is 2. The second kappa shape index (κ2) is 4.84. The van der Waals surface area contributed by atoms with E-state index in [2.05, 4.69) is 0 Å². The SMILES string of the molecule is O=C1CCC(=O)N1Cc1cc(Cl)c(Cl)cc1Cl. The predicted octanol–water partition coefficient (Wildman–Crippen LogP) is 3.30. The van der Waals surface area contributed by atoms with E-state index in [0.717, 1.165) is 0 Å². The summed E-state index contributed by atoms with van der Waals surface area (Å²) in [6.07, 6.45) is 0.523. The Hall–Kier alpha value is -0.770. The Bertz CT molecular complexity index is 486. The Labute approximate surface area is 113 Å². The van der Waals surface area contributed by atoms with E-state index in [1.165, 1.54) is 11.0 Å². The molecule has 0 saturated carbocycles. The van der Waals surface area contributed by atoms with E-state index in [1.807, 2.05) is 0 Å². The molecule has 0 spiro atoms. The lowest BCUT2D eigenvalue weighted by Crippen LogP contribution is -2.28. The molecule has 1 heterocycles. The zero-order valence-corrected chi connectivity index (χ0v) is 10.9. The summed E-state index contributed by atoms with van der Waals surface area (Å²) in [6.45, 7) is 0.146. The lowest BCUT2D eigenvalue weighted by Gasteiger charge is -2.15. The Morgan fingerprint density at radius 3 is 2.06 bits per heavy atom. The minimum atomic E-state index is -0.183. The van der Waals surface area contributed by atoms with Gasteiger partial charge in [-0.3, -0.25) is 14.5 Å². The number of hydrogen-bond donors (Lipinski definition) is 0. The largest absolute Gasteiger partial charge is 0.278 e. The molecular formula is C11H8Cl3NO2. The number of carbonyl (C=O) groups is 2. The molecule has 0 atom stereocenters. The van der Waals surface area contributed by atoms with Crippen molar-refractivity contribution in [2.45, 2.75) is 19.4 Å². The molecule has 0 bridgehead atoms. The molecule has 0 aliphatic carbocycles. The first-order valence-electron chi connectivity index (χ1n) is 4.95. The first-order chi connectivity index (χ1) is 7.99. The van der Waals surface area contributed by atoms with Gasteiger partial charge in [0, 0.05) is 17.9 Å². The van der Waals surface area contributed by atoms with E-state index in [-0.39, 0.29) is 31.2 Å². The number of carbonyl (C=O) groups excluding carboxylic acids is 2. The molecule has 3 nitrogen and oxygen atoms in total. The molecule has 0 N–H and O–H groups in total. The second-order valence-electron chi connectivity index (χ2n) is 3.73. The van der Waals surface area contributed by atoms with Gasteiger partial charge in [-0.1, -0.05) is 34.8 Å². The second-order valence-corrected chi connectivity index (χ2v) is 4.95. The number of halogens is 3. The summed E-state index contributed by atoms with van der Waals surface area (Å²) >= 11 is 17.6. The van der Waals surface area contributed by atoms with Crippen LogP contribution in [0.15, 0.2) is 12.1 Å².